The number of halogens is 3. The van der Waals surface area contributed by atoms with Crippen LogP contribution in [0.25, 0.3) is 60.8 Å². The zero-order chi connectivity index (χ0) is 29.8. The summed E-state index contributed by atoms with van der Waals surface area (Å²) in [5.74, 6) is 0.444. The summed E-state index contributed by atoms with van der Waals surface area (Å²) >= 11 is 0. The average molecular weight is 595 g/mol. The predicted molar refractivity (Wildman–Crippen MR) is 163 cm³/mol. The number of alkyl halides is 3. The molecule has 0 saturated carbocycles. The van der Waals surface area contributed by atoms with Crippen LogP contribution in [0.3, 0.4) is 0 Å². The van der Waals surface area contributed by atoms with Crippen LogP contribution >= 0.6 is 0 Å². The molecule has 0 amide bonds. The van der Waals surface area contributed by atoms with Gasteiger partial charge < -0.3 is 4.18 Å². The average Bonchev–Trinajstić information content (AvgIpc) is 3.40. The standard InChI is InChI=1S/C34H21F3N2O3S/c35-34(36,37)43(40,41)42-30-17-16-26-19-23(12-13-27(26)21-30)22-10-11-25-20-28(15-14-24(25)18-22)33-38-31-8-4-5-9-32(31)39(33)29-6-2-1-3-7-29/h1-21H. The molecule has 7 aromatic rings. The molecule has 212 valence electrons. The molecule has 0 saturated heterocycles. The molecule has 0 aliphatic rings. The van der Waals surface area contributed by atoms with E-state index in [0.717, 1.165) is 55.4 Å². The Morgan fingerprint density at radius 3 is 1.79 bits per heavy atom. The van der Waals surface area contributed by atoms with E-state index in [-0.39, 0.29) is 0 Å². The molecule has 7 rings (SSSR count). The molecule has 0 bridgehead atoms. The monoisotopic (exact) mass is 594 g/mol. The van der Waals surface area contributed by atoms with E-state index in [9.17, 15) is 21.6 Å². The van der Waals surface area contributed by atoms with Crippen LogP contribution in [0.5, 0.6) is 5.75 Å². The smallest absolute Gasteiger partial charge is 0.376 e. The molecule has 6 aromatic carbocycles. The quantitative estimate of drug-likeness (QED) is 0.148. The summed E-state index contributed by atoms with van der Waals surface area (Å²) in [6, 6.07) is 40.0. The van der Waals surface area contributed by atoms with Crippen LogP contribution in [0.1, 0.15) is 0 Å². The molecule has 0 aliphatic carbocycles. The van der Waals surface area contributed by atoms with E-state index in [1.165, 1.54) is 18.2 Å². The van der Waals surface area contributed by atoms with Gasteiger partial charge in [0, 0.05) is 11.3 Å². The minimum Gasteiger partial charge on any atom is -0.376 e. The maximum atomic E-state index is 12.7. The lowest BCUT2D eigenvalue weighted by Crippen LogP contribution is -2.28. The second kappa shape index (κ2) is 9.99. The van der Waals surface area contributed by atoms with Gasteiger partial charge >= 0.3 is 15.6 Å². The highest BCUT2D eigenvalue weighted by atomic mass is 32.2. The zero-order valence-electron chi connectivity index (χ0n) is 22.3. The van der Waals surface area contributed by atoms with E-state index in [1.807, 2.05) is 60.7 Å². The van der Waals surface area contributed by atoms with Gasteiger partial charge in [-0.3, -0.25) is 4.57 Å². The molecular weight excluding hydrogens is 573 g/mol. The molecule has 0 N–H and O–H groups in total. The van der Waals surface area contributed by atoms with Crippen LogP contribution < -0.4 is 4.18 Å². The molecule has 0 fully saturated rings. The van der Waals surface area contributed by atoms with Gasteiger partial charge in [-0.15, -0.1) is 0 Å². The van der Waals surface area contributed by atoms with E-state index < -0.39 is 21.4 Å². The maximum Gasteiger partial charge on any atom is 0.534 e. The van der Waals surface area contributed by atoms with Gasteiger partial charge in [0.15, 0.2) is 0 Å². The van der Waals surface area contributed by atoms with Gasteiger partial charge in [-0.05, 0) is 87.3 Å². The Balaban J connectivity index is 1.23. The highest BCUT2D eigenvalue weighted by Crippen LogP contribution is 2.34. The van der Waals surface area contributed by atoms with Crippen LogP contribution in [-0.4, -0.2) is 23.5 Å². The first-order chi connectivity index (χ1) is 20.7. The predicted octanol–water partition coefficient (Wildman–Crippen LogP) is 8.89. The van der Waals surface area contributed by atoms with Crippen molar-refractivity contribution in [3.8, 4) is 34.0 Å². The summed E-state index contributed by atoms with van der Waals surface area (Å²) in [7, 11) is -5.74. The minimum absolute atomic E-state index is 0.403. The van der Waals surface area contributed by atoms with Crippen molar-refractivity contribution in [2.24, 2.45) is 0 Å². The molecule has 0 unspecified atom stereocenters. The van der Waals surface area contributed by atoms with Crippen molar-refractivity contribution >= 4 is 42.7 Å². The highest BCUT2D eigenvalue weighted by Gasteiger charge is 2.48. The molecule has 1 aromatic heterocycles. The lowest BCUT2D eigenvalue weighted by Gasteiger charge is -2.11. The number of rotatable bonds is 5. The van der Waals surface area contributed by atoms with Crippen molar-refractivity contribution in [1.82, 2.24) is 9.55 Å². The zero-order valence-corrected chi connectivity index (χ0v) is 23.1. The van der Waals surface area contributed by atoms with Crippen molar-refractivity contribution in [2.75, 3.05) is 0 Å². The number of hydrogen-bond donors (Lipinski definition) is 0. The van der Waals surface area contributed by atoms with E-state index in [4.69, 9.17) is 4.98 Å². The Bertz CT molecular complexity index is 2280. The Morgan fingerprint density at radius 1 is 0.605 bits per heavy atom. The number of hydrogen-bond acceptors (Lipinski definition) is 4. The van der Waals surface area contributed by atoms with Crippen LogP contribution in [0, 0.1) is 0 Å². The summed E-state index contributed by atoms with van der Waals surface area (Å²) in [4.78, 5) is 4.96. The number of benzene rings is 6. The molecule has 0 atom stereocenters. The van der Waals surface area contributed by atoms with Gasteiger partial charge in [0.05, 0.1) is 11.0 Å². The van der Waals surface area contributed by atoms with Crippen molar-refractivity contribution in [3.05, 3.63) is 127 Å². The molecular formula is C34H21F3N2O3S. The molecule has 1 heterocycles. The van der Waals surface area contributed by atoms with Crippen molar-refractivity contribution < 1.29 is 25.8 Å². The lowest BCUT2D eigenvalue weighted by molar-refractivity contribution is -0.0500. The lowest BCUT2D eigenvalue weighted by atomic mass is 9.97. The number of imidazole rings is 1. The van der Waals surface area contributed by atoms with Crippen LogP contribution in [0.15, 0.2) is 127 Å². The normalized spacial score (nSPS) is 12.3. The first kappa shape index (κ1) is 26.7. The second-order valence-corrected chi connectivity index (χ2v) is 11.6. The molecule has 0 radical (unpaired) electrons. The van der Waals surface area contributed by atoms with Crippen LogP contribution in [0.2, 0.25) is 0 Å². The number of nitrogens with zero attached hydrogens (tertiary/aromatic N) is 2. The minimum atomic E-state index is -5.74. The van der Waals surface area contributed by atoms with E-state index >= 15 is 0 Å². The fourth-order valence-corrected chi connectivity index (χ4v) is 5.70. The number of aromatic nitrogens is 2. The second-order valence-electron chi connectivity index (χ2n) is 10.1. The Kier molecular flexibility index (Phi) is 6.21. The van der Waals surface area contributed by atoms with Gasteiger partial charge in [0.1, 0.15) is 11.6 Å². The fourth-order valence-electron chi connectivity index (χ4n) is 5.25. The van der Waals surface area contributed by atoms with Crippen LogP contribution in [-0.2, 0) is 10.1 Å². The summed E-state index contributed by atoms with van der Waals surface area (Å²) in [5, 5.41) is 3.35. The summed E-state index contributed by atoms with van der Waals surface area (Å²) in [6.45, 7) is 0. The van der Waals surface area contributed by atoms with Crippen LogP contribution in [0.4, 0.5) is 13.2 Å². The molecule has 0 spiro atoms. The SMILES string of the molecule is O=S(=O)(Oc1ccc2cc(-c3ccc4cc(-c5nc6ccccc6n5-c5ccccc5)ccc4c3)ccc2c1)C(F)(F)F. The summed E-state index contributed by atoms with van der Waals surface area (Å²) < 4.78 is 67.3. The maximum absolute atomic E-state index is 12.7. The molecule has 43 heavy (non-hydrogen) atoms. The van der Waals surface area contributed by atoms with E-state index in [2.05, 4.69) is 51.2 Å². The Hall–Kier alpha value is -5.15. The molecule has 5 nitrogen and oxygen atoms in total. The number of fused-ring (bicyclic) bond motifs is 3. The van der Waals surface area contributed by atoms with Crippen molar-refractivity contribution in [1.29, 1.82) is 0 Å². The topological polar surface area (TPSA) is 61.2 Å². The van der Waals surface area contributed by atoms with Gasteiger partial charge in [-0.25, -0.2) is 4.98 Å². The highest BCUT2D eigenvalue weighted by molar-refractivity contribution is 7.88. The largest absolute Gasteiger partial charge is 0.534 e. The number of para-hydroxylation sites is 3. The third-order valence-corrected chi connectivity index (χ3v) is 8.29. The Morgan fingerprint density at radius 2 is 1.14 bits per heavy atom. The molecule has 0 aliphatic heterocycles. The molecule has 9 heteroatoms. The first-order valence-corrected chi connectivity index (χ1v) is 14.7. The third kappa shape index (κ3) is 4.87. The van der Waals surface area contributed by atoms with Gasteiger partial charge in [0.25, 0.3) is 0 Å². The Labute approximate surface area is 244 Å². The van der Waals surface area contributed by atoms with Gasteiger partial charge in [-0.2, -0.15) is 21.6 Å². The van der Waals surface area contributed by atoms with Crippen molar-refractivity contribution in [3.63, 3.8) is 0 Å². The van der Waals surface area contributed by atoms with Gasteiger partial charge in [-0.1, -0.05) is 72.8 Å². The third-order valence-electron chi connectivity index (χ3n) is 7.31. The summed E-state index contributed by atoms with van der Waals surface area (Å²) in [5.41, 5.74) is 0.305. The summed E-state index contributed by atoms with van der Waals surface area (Å²) in [6.07, 6.45) is 0. The van der Waals surface area contributed by atoms with E-state index in [0.29, 0.717) is 5.39 Å². The van der Waals surface area contributed by atoms with Gasteiger partial charge in [0.2, 0.25) is 0 Å². The van der Waals surface area contributed by atoms with Crippen molar-refractivity contribution in [2.45, 2.75) is 5.51 Å². The van der Waals surface area contributed by atoms with E-state index in [1.54, 1.807) is 6.07 Å². The first-order valence-electron chi connectivity index (χ1n) is 13.3. The fraction of sp³-hybridized carbons (Fsp3) is 0.0294.